The molecule has 0 aliphatic heterocycles. The molecule has 2 aromatic carbocycles. The Hall–Kier alpha value is -2.61. The molecule has 2 rings (SSSR count). The molecule has 112 valence electrons. The smallest absolute Gasteiger partial charge is 0.144 e. The van der Waals surface area contributed by atoms with Crippen LogP contribution in [-0.2, 0) is 6.42 Å². The zero-order valence-corrected chi connectivity index (χ0v) is 11.5. The molecule has 0 radical (unpaired) electrons. The van der Waals surface area contributed by atoms with Crippen molar-refractivity contribution < 1.29 is 17.6 Å². The van der Waals surface area contributed by atoms with E-state index in [0.717, 1.165) is 24.3 Å². The Bertz CT molecular complexity index is 729. The van der Waals surface area contributed by atoms with Crippen LogP contribution in [0.25, 0.3) is 11.1 Å². The summed E-state index contributed by atoms with van der Waals surface area (Å²) in [5.41, 5.74) is -1.18. The minimum atomic E-state index is -1.16. The summed E-state index contributed by atoms with van der Waals surface area (Å²) >= 11 is 0. The van der Waals surface area contributed by atoms with E-state index in [0.29, 0.717) is 18.4 Å². The standard InChI is InChI=1S/C17H11F4N/c1-2-3-4-10-5-15(20)17(16(21)6-10)11-7-13(18)12(9-22)14(19)8-11/h2,5-8H,1,3-4H2. The number of allylic oxidation sites excluding steroid dienone is 1. The zero-order chi connectivity index (χ0) is 16.3. The van der Waals surface area contributed by atoms with Gasteiger partial charge >= 0.3 is 0 Å². The quantitative estimate of drug-likeness (QED) is 0.582. The fourth-order valence-corrected chi connectivity index (χ4v) is 2.14. The molecule has 0 aliphatic rings. The number of hydrogen-bond donors (Lipinski definition) is 0. The Labute approximate surface area is 125 Å². The van der Waals surface area contributed by atoms with Crippen molar-refractivity contribution in [2.75, 3.05) is 0 Å². The molecule has 0 bridgehead atoms. The van der Waals surface area contributed by atoms with Gasteiger partial charge in [0.15, 0.2) is 0 Å². The van der Waals surface area contributed by atoms with Crippen LogP contribution in [-0.4, -0.2) is 0 Å². The Morgan fingerprint density at radius 1 is 0.955 bits per heavy atom. The summed E-state index contributed by atoms with van der Waals surface area (Å²) < 4.78 is 55.4. The molecule has 0 saturated heterocycles. The van der Waals surface area contributed by atoms with Crippen molar-refractivity contribution in [1.82, 2.24) is 0 Å². The van der Waals surface area contributed by atoms with E-state index in [2.05, 4.69) is 6.58 Å². The molecular formula is C17H11F4N. The van der Waals surface area contributed by atoms with E-state index in [1.807, 2.05) is 0 Å². The van der Waals surface area contributed by atoms with Crippen molar-refractivity contribution >= 4 is 0 Å². The normalized spacial score (nSPS) is 10.3. The van der Waals surface area contributed by atoms with Crippen molar-refractivity contribution in [3.63, 3.8) is 0 Å². The molecule has 0 saturated carbocycles. The first kappa shape index (κ1) is 15.8. The Morgan fingerprint density at radius 3 is 1.95 bits per heavy atom. The van der Waals surface area contributed by atoms with E-state index in [-0.39, 0.29) is 5.56 Å². The van der Waals surface area contributed by atoms with Crippen LogP contribution in [0.15, 0.2) is 36.9 Å². The molecule has 0 N–H and O–H groups in total. The summed E-state index contributed by atoms with van der Waals surface area (Å²) in [5.74, 6) is -4.15. The second-order valence-electron chi connectivity index (χ2n) is 4.69. The fraction of sp³-hybridized carbons (Fsp3) is 0.118. The fourth-order valence-electron chi connectivity index (χ4n) is 2.14. The third-order valence-electron chi connectivity index (χ3n) is 3.18. The summed E-state index contributed by atoms with van der Waals surface area (Å²) in [5, 5.41) is 8.60. The lowest BCUT2D eigenvalue weighted by Crippen LogP contribution is -1.98. The van der Waals surface area contributed by atoms with Gasteiger partial charge in [-0.2, -0.15) is 5.26 Å². The summed E-state index contributed by atoms with van der Waals surface area (Å²) in [6.45, 7) is 3.52. The van der Waals surface area contributed by atoms with Crippen LogP contribution in [0.4, 0.5) is 17.6 Å². The van der Waals surface area contributed by atoms with Crippen molar-refractivity contribution in [2.45, 2.75) is 12.8 Å². The monoisotopic (exact) mass is 305 g/mol. The predicted molar refractivity (Wildman–Crippen MR) is 74.9 cm³/mol. The summed E-state index contributed by atoms with van der Waals surface area (Å²) in [6.07, 6.45) is 2.58. The third kappa shape index (κ3) is 3.01. The summed E-state index contributed by atoms with van der Waals surface area (Å²) in [6, 6.07) is 5.08. The van der Waals surface area contributed by atoms with E-state index in [4.69, 9.17) is 5.26 Å². The molecular weight excluding hydrogens is 294 g/mol. The van der Waals surface area contributed by atoms with E-state index in [1.54, 1.807) is 6.08 Å². The van der Waals surface area contributed by atoms with Crippen molar-refractivity contribution in [1.29, 1.82) is 5.26 Å². The maximum Gasteiger partial charge on any atom is 0.144 e. The van der Waals surface area contributed by atoms with Crippen LogP contribution >= 0.6 is 0 Å². The first-order valence-electron chi connectivity index (χ1n) is 6.46. The Morgan fingerprint density at radius 2 is 1.50 bits per heavy atom. The number of benzene rings is 2. The van der Waals surface area contributed by atoms with Gasteiger partial charge in [-0.15, -0.1) is 6.58 Å². The van der Waals surface area contributed by atoms with Crippen LogP contribution < -0.4 is 0 Å². The summed E-state index contributed by atoms with van der Waals surface area (Å²) in [4.78, 5) is 0. The van der Waals surface area contributed by atoms with Gasteiger partial charge in [-0.05, 0) is 48.2 Å². The lowest BCUT2D eigenvalue weighted by molar-refractivity contribution is 0.572. The Kier molecular flexibility index (Phi) is 4.62. The molecule has 0 aromatic heterocycles. The maximum atomic E-state index is 14.1. The van der Waals surface area contributed by atoms with E-state index in [9.17, 15) is 17.6 Å². The zero-order valence-electron chi connectivity index (χ0n) is 11.5. The van der Waals surface area contributed by atoms with Crippen molar-refractivity contribution in [2.24, 2.45) is 0 Å². The molecule has 1 nitrogen and oxygen atoms in total. The molecule has 0 heterocycles. The highest BCUT2D eigenvalue weighted by Crippen LogP contribution is 2.30. The highest BCUT2D eigenvalue weighted by Gasteiger charge is 2.18. The van der Waals surface area contributed by atoms with Crippen molar-refractivity contribution in [3.8, 4) is 17.2 Å². The van der Waals surface area contributed by atoms with Crippen LogP contribution in [0.5, 0.6) is 0 Å². The van der Waals surface area contributed by atoms with Gasteiger partial charge in [0.2, 0.25) is 0 Å². The van der Waals surface area contributed by atoms with Gasteiger partial charge in [0.25, 0.3) is 0 Å². The van der Waals surface area contributed by atoms with Crippen LogP contribution in [0.2, 0.25) is 0 Å². The largest absolute Gasteiger partial charge is 0.206 e. The van der Waals surface area contributed by atoms with E-state index in [1.165, 1.54) is 6.07 Å². The molecule has 0 spiro atoms. The van der Waals surface area contributed by atoms with Gasteiger partial charge in [0.1, 0.15) is 34.9 Å². The van der Waals surface area contributed by atoms with Crippen molar-refractivity contribution in [3.05, 3.63) is 71.3 Å². The summed E-state index contributed by atoms with van der Waals surface area (Å²) in [7, 11) is 0. The second-order valence-corrected chi connectivity index (χ2v) is 4.69. The number of hydrogen-bond acceptors (Lipinski definition) is 1. The highest BCUT2D eigenvalue weighted by atomic mass is 19.1. The molecule has 0 atom stereocenters. The first-order valence-corrected chi connectivity index (χ1v) is 6.46. The van der Waals surface area contributed by atoms with Crippen LogP contribution in [0, 0.1) is 34.6 Å². The predicted octanol–water partition coefficient (Wildman–Crippen LogP) is 4.90. The maximum absolute atomic E-state index is 14.1. The average Bonchev–Trinajstić information content (AvgIpc) is 2.44. The molecule has 5 heteroatoms. The molecule has 0 fully saturated rings. The number of rotatable bonds is 4. The molecule has 2 aromatic rings. The van der Waals surface area contributed by atoms with E-state index >= 15 is 0 Å². The lowest BCUT2D eigenvalue weighted by atomic mass is 9.99. The topological polar surface area (TPSA) is 23.8 Å². The first-order chi connectivity index (χ1) is 10.5. The van der Waals surface area contributed by atoms with Gasteiger partial charge in [0.05, 0.1) is 5.56 Å². The van der Waals surface area contributed by atoms with Gasteiger partial charge in [0, 0.05) is 0 Å². The minimum absolute atomic E-state index is 0.292. The van der Waals surface area contributed by atoms with Crippen LogP contribution in [0.1, 0.15) is 17.5 Å². The minimum Gasteiger partial charge on any atom is -0.206 e. The van der Waals surface area contributed by atoms with Gasteiger partial charge in [-0.1, -0.05) is 6.08 Å². The number of nitriles is 1. The molecule has 22 heavy (non-hydrogen) atoms. The molecule has 0 unspecified atom stereocenters. The number of aryl methyl sites for hydroxylation is 1. The van der Waals surface area contributed by atoms with Gasteiger partial charge < -0.3 is 0 Å². The van der Waals surface area contributed by atoms with Gasteiger partial charge in [-0.3, -0.25) is 0 Å². The van der Waals surface area contributed by atoms with E-state index < -0.39 is 34.4 Å². The van der Waals surface area contributed by atoms with Crippen LogP contribution in [0.3, 0.4) is 0 Å². The number of nitrogens with zero attached hydrogens (tertiary/aromatic N) is 1. The second kappa shape index (κ2) is 6.44. The highest BCUT2D eigenvalue weighted by molar-refractivity contribution is 5.66. The average molecular weight is 305 g/mol. The van der Waals surface area contributed by atoms with Gasteiger partial charge in [-0.25, -0.2) is 17.6 Å². The Balaban J connectivity index is 2.54. The number of halogens is 4. The molecule has 0 aliphatic carbocycles. The third-order valence-corrected chi connectivity index (χ3v) is 3.18. The lowest BCUT2D eigenvalue weighted by Gasteiger charge is -2.09. The SMILES string of the molecule is C=CCCc1cc(F)c(-c2cc(F)c(C#N)c(F)c2)c(F)c1. The molecule has 0 amide bonds.